The number of hydrogen-bond acceptors (Lipinski definition) is 1. The molecule has 0 aliphatic rings. The Kier molecular flexibility index (Phi) is 9.02. The van der Waals surface area contributed by atoms with Gasteiger partial charge in [0.15, 0.2) is 0 Å². The molecule has 1 heteroatoms. The Bertz CT molecular complexity index is 150. The first-order valence-electron chi connectivity index (χ1n) is 7.30. The molecule has 2 atom stereocenters. The van der Waals surface area contributed by atoms with E-state index in [-0.39, 0.29) is 0 Å². The van der Waals surface area contributed by atoms with Crippen molar-refractivity contribution in [2.24, 2.45) is 17.8 Å². The van der Waals surface area contributed by atoms with Crippen LogP contribution >= 0.6 is 0 Å². The Hall–Kier alpha value is -0.0400. The van der Waals surface area contributed by atoms with Crippen LogP contribution in [0.4, 0.5) is 0 Å². The largest absolute Gasteiger partial charge is 0.314 e. The highest BCUT2D eigenvalue weighted by Gasteiger charge is 2.22. The second-order valence-electron chi connectivity index (χ2n) is 5.57. The van der Waals surface area contributed by atoms with E-state index in [1.165, 1.54) is 25.7 Å². The lowest BCUT2D eigenvalue weighted by Gasteiger charge is -2.31. The Labute approximate surface area is 103 Å². The summed E-state index contributed by atoms with van der Waals surface area (Å²) in [6, 6.07) is 0.667. The Morgan fingerprint density at radius 3 is 1.88 bits per heavy atom. The molecule has 16 heavy (non-hydrogen) atoms. The third kappa shape index (κ3) is 5.89. The van der Waals surface area contributed by atoms with Crippen molar-refractivity contribution in [1.29, 1.82) is 0 Å². The van der Waals surface area contributed by atoms with Crippen LogP contribution in [0, 0.1) is 17.8 Å². The minimum absolute atomic E-state index is 0.667. The normalized spacial score (nSPS) is 15.8. The molecule has 0 fully saturated rings. The van der Waals surface area contributed by atoms with Gasteiger partial charge in [-0.1, -0.05) is 47.5 Å². The van der Waals surface area contributed by atoms with Crippen LogP contribution in [0.5, 0.6) is 0 Å². The van der Waals surface area contributed by atoms with Gasteiger partial charge in [0.25, 0.3) is 0 Å². The quantitative estimate of drug-likeness (QED) is 0.612. The molecule has 0 spiro atoms. The number of hydrogen-bond donors (Lipinski definition) is 1. The van der Waals surface area contributed by atoms with Crippen LogP contribution in [0.1, 0.15) is 67.2 Å². The molecule has 0 aromatic carbocycles. The predicted octanol–water partition coefficient (Wildman–Crippen LogP) is 4.47. The van der Waals surface area contributed by atoms with Crippen molar-refractivity contribution in [3.8, 4) is 0 Å². The zero-order valence-corrected chi connectivity index (χ0v) is 12.3. The summed E-state index contributed by atoms with van der Waals surface area (Å²) in [5, 5.41) is 3.67. The summed E-state index contributed by atoms with van der Waals surface area (Å²) in [5.74, 6) is 2.54. The van der Waals surface area contributed by atoms with E-state index < -0.39 is 0 Å². The van der Waals surface area contributed by atoms with Gasteiger partial charge in [-0.05, 0) is 44.1 Å². The lowest BCUT2D eigenvalue weighted by molar-refractivity contribution is 0.228. The van der Waals surface area contributed by atoms with E-state index in [0.29, 0.717) is 6.04 Å². The van der Waals surface area contributed by atoms with Gasteiger partial charge in [-0.15, -0.1) is 0 Å². The van der Waals surface area contributed by atoms with E-state index in [4.69, 9.17) is 0 Å². The molecular formula is C15H33N. The molecule has 0 heterocycles. The van der Waals surface area contributed by atoms with Crippen molar-refractivity contribution in [1.82, 2.24) is 5.32 Å². The van der Waals surface area contributed by atoms with E-state index >= 15 is 0 Å². The highest BCUT2D eigenvalue weighted by Crippen LogP contribution is 2.27. The second-order valence-corrected chi connectivity index (χ2v) is 5.57. The third-order valence-electron chi connectivity index (χ3n) is 3.98. The molecule has 0 saturated heterocycles. The lowest BCUT2D eigenvalue weighted by Crippen LogP contribution is -2.37. The van der Waals surface area contributed by atoms with Crippen molar-refractivity contribution in [3.63, 3.8) is 0 Å². The summed E-state index contributed by atoms with van der Waals surface area (Å²) in [6.07, 6.45) is 5.29. The van der Waals surface area contributed by atoms with Crippen LogP contribution in [0.2, 0.25) is 0 Å². The SMILES string of the molecule is CCCNC(C)C(CC(CC)CC)C(C)C. The van der Waals surface area contributed by atoms with Gasteiger partial charge in [0.1, 0.15) is 0 Å². The van der Waals surface area contributed by atoms with Gasteiger partial charge < -0.3 is 5.32 Å². The first-order chi connectivity index (χ1) is 7.56. The second kappa shape index (κ2) is 9.04. The molecule has 98 valence electrons. The molecule has 0 amide bonds. The Morgan fingerprint density at radius 2 is 1.50 bits per heavy atom. The molecule has 0 aromatic heterocycles. The highest BCUT2D eigenvalue weighted by molar-refractivity contribution is 4.77. The van der Waals surface area contributed by atoms with Crippen LogP contribution < -0.4 is 5.32 Å². The number of nitrogens with one attached hydrogen (secondary N) is 1. The minimum Gasteiger partial charge on any atom is -0.314 e. The molecule has 0 saturated carbocycles. The van der Waals surface area contributed by atoms with Crippen LogP contribution in [-0.2, 0) is 0 Å². The zero-order valence-electron chi connectivity index (χ0n) is 12.3. The summed E-state index contributed by atoms with van der Waals surface area (Å²) in [4.78, 5) is 0. The maximum Gasteiger partial charge on any atom is 0.00695 e. The average molecular weight is 227 g/mol. The van der Waals surface area contributed by atoms with Crippen LogP contribution in [-0.4, -0.2) is 12.6 Å². The molecule has 0 aliphatic heterocycles. The van der Waals surface area contributed by atoms with Gasteiger partial charge in [0.05, 0.1) is 0 Å². The maximum atomic E-state index is 3.67. The molecule has 0 aromatic rings. The first-order valence-corrected chi connectivity index (χ1v) is 7.30. The molecule has 1 N–H and O–H groups in total. The van der Waals surface area contributed by atoms with E-state index in [9.17, 15) is 0 Å². The van der Waals surface area contributed by atoms with Crippen molar-refractivity contribution >= 4 is 0 Å². The van der Waals surface area contributed by atoms with Crippen LogP contribution in [0.25, 0.3) is 0 Å². The predicted molar refractivity (Wildman–Crippen MR) is 74.8 cm³/mol. The van der Waals surface area contributed by atoms with Gasteiger partial charge in [0, 0.05) is 6.04 Å². The molecule has 0 aliphatic carbocycles. The summed E-state index contributed by atoms with van der Waals surface area (Å²) in [6.45, 7) is 15.2. The molecule has 0 radical (unpaired) electrons. The monoisotopic (exact) mass is 227 g/mol. The van der Waals surface area contributed by atoms with Gasteiger partial charge in [0.2, 0.25) is 0 Å². The van der Waals surface area contributed by atoms with Crippen molar-refractivity contribution in [3.05, 3.63) is 0 Å². The Balaban J connectivity index is 4.24. The van der Waals surface area contributed by atoms with Crippen molar-refractivity contribution in [2.45, 2.75) is 73.3 Å². The Morgan fingerprint density at radius 1 is 0.938 bits per heavy atom. The van der Waals surface area contributed by atoms with Crippen LogP contribution in [0.15, 0.2) is 0 Å². The topological polar surface area (TPSA) is 12.0 Å². The fraction of sp³-hybridized carbons (Fsp3) is 1.00. The first kappa shape index (κ1) is 16.0. The molecule has 1 nitrogen and oxygen atoms in total. The van der Waals surface area contributed by atoms with Gasteiger partial charge in [-0.25, -0.2) is 0 Å². The van der Waals surface area contributed by atoms with E-state index in [1.807, 2.05) is 0 Å². The average Bonchev–Trinajstić information content (AvgIpc) is 2.27. The van der Waals surface area contributed by atoms with E-state index in [1.54, 1.807) is 0 Å². The van der Waals surface area contributed by atoms with E-state index in [0.717, 1.165) is 24.3 Å². The van der Waals surface area contributed by atoms with E-state index in [2.05, 4.69) is 46.9 Å². The van der Waals surface area contributed by atoms with Crippen molar-refractivity contribution < 1.29 is 0 Å². The summed E-state index contributed by atoms with van der Waals surface area (Å²) < 4.78 is 0. The van der Waals surface area contributed by atoms with Gasteiger partial charge in [-0.3, -0.25) is 0 Å². The van der Waals surface area contributed by atoms with Gasteiger partial charge in [-0.2, -0.15) is 0 Å². The summed E-state index contributed by atoms with van der Waals surface area (Å²) in [7, 11) is 0. The minimum atomic E-state index is 0.667. The molecule has 2 unspecified atom stereocenters. The molecule has 0 rings (SSSR count). The third-order valence-corrected chi connectivity index (χ3v) is 3.98. The number of rotatable bonds is 9. The molecular weight excluding hydrogens is 194 g/mol. The lowest BCUT2D eigenvalue weighted by atomic mass is 9.80. The fourth-order valence-corrected chi connectivity index (χ4v) is 2.58. The fourth-order valence-electron chi connectivity index (χ4n) is 2.58. The smallest absolute Gasteiger partial charge is 0.00695 e. The van der Waals surface area contributed by atoms with Crippen LogP contribution in [0.3, 0.4) is 0 Å². The van der Waals surface area contributed by atoms with Gasteiger partial charge >= 0.3 is 0 Å². The van der Waals surface area contributed by atoms with Crippen molar-refractivity contribution in [2.75, 3.05) is 6.54 Å². The highest BCUT2D eigenvalue weighted by atomic mass is 14.9. The summed E-state index contributed by atoms with van der Waals surface area (Å²) >= 11 is 0. The molecule has 0 bridgehead atoms. The zero-order chi connectivity index (χ0) is 12.6. The maximum absolute atomic E-state index is 3.67. The summed E-state index contributed by atoms with van der Waals surface area (Å²) in [5.41, 5.74) is 0. The standard InChI is InChI=1S/C15H33N/c1-7-10-16-13(6)15(12(4)5)11-14(8-2)9-3/h12-16H,7-11H2,1-6H3.